The predicted molar refractivity (Wildman–Crippen MR) is 130 cm³/mol. The lowest BCUT2D eigenvalue weighted by Gasteiger charge is -2.12. The van der Waals surface area contributed by atoms with Gasteiger partial charge in [0.25, 0.3) is 15.9 Å². The second-order valence-electron chi connectivity index (χ2n) is 6.84. The first-order valence-electron chi connectivity index (χ1n) is 9.43. The van der Waals surface area contributed by atoms with Crippen LogP contribution in [0.15, 0.2) is 71.6 Å². The maximum Gasteiger partial charge on any atom is 0.261 e. The summed E-state index contributed by atoms with van der Waals surface area (Å²) in [6.45, 7) is 1.85. The number of ether oxygens (including phenoxy) is 1. The molecule has 1 amide bonds. The van der Waals surface area contributed by atoms with E-state index in [2.05, 4.69) is 15.4 Å². The summed E-state index contributed by atoms with van der Waals surface area (Å²) in [4.78, 5) is 12.4. The number of anilines is 2. The Kier molecular flexibility index (Phi) is 7.17. The Morgan fingerprint density at radius 1 is 0.969 bits per heavy atom. The minimum Gasteiger partial charge on any atom is -0.497 e. The molecule has 0 aliphatic rings. The monoisotopic (exact) mass is 465 g/mol. The number of thiocarbonyl (C=S) groups is 1. The third-order valence-corrected chi connectivity index (χ3v) is 6.13. The molecule has 0 bridgehead atoms. The average Bonchev–Trinajstić information content (AvgIpc) is 2.76. The van der Waals surface area contributed by atoms with Crippen LogP contribution in [0.1, 0.15) is 15.9 Å². The lowest BCUT2D eigenvalue weighted by atomic mass is 9.89. The third kappa shape index (κ3) is 5.86. The van der Waals surface area contributed by atoms with Crippen LogP contribution in [0.25, 0.3) is 0 Å². The van der Waals surface area contributed by atoms with E-state index in [0.29, 0.717) is 28.2 Å². The normalized spacial score (nSPS) is 10.8. The molecule has 2 radical (unpaired) electrons. The van der Waals surface area contributed by atoms with E-state index in [9.17, 15) is 13.2 Å². The largest absolute Gasteiger partial charge is 0.497 e. The highest BCUT2D eigenvalue weighted by atomic mass is 32.2. The van der Waals surface area contributed by atoms with E-state index in [4.69, 9.17) is 24.8 Å². The van der Waals surface area contributed by atoms with Crippen LogP contribution in [0.3, 0.4) is 0 Å². The summed E-state index contributed by atoms with van der Waals surface area (Å²) in [7, 11) is 3.59. The minimum atomic E-state index is -3.77. The number of carbonyl (C=O) groups excluding carboxylic acids is 1. The third-order valence-electron chi connectivity index (χ3n) is 4.53. The molecule has 7 nitrogen and oxygen atoms in total. The van der Waals surface area contributed by atoms with Crippen molar-refractivity contribution in [1.82, 2.24) is 5.32 Å². The summed E-state index contributed by atoms with van der Waals surface area (Å²) in [6, 6.07) is 17.5. The SMILES string of the molecule is [B]c1cc(C(=O)NC(=S)Nc2ccc(S(=O)(=O)Nc3ccc(OC)cc3)cc2)ccc1C. The Hall–Kier alpha value is -3.37. The summed E-state index contributed by atoms with van der Waals surface area (Å²) in [6.07, 6.45) is 0. The van der Waals surface area contributed by atoms with Crippen LogP contribution in [0, 0.1) is 6.92 Å². The van der Waals surface area contributed by atoms with Crippen LogP contribution in [-0.2, 0) is 10.0 Å². The molecule has 162 valence electrons. The molecule has 0 saturated heterocycles. The molecule has 3 aromatic carbocycles. The van der Waals surface area contributed by atoms with E-state index < -0.39 is 15.9 Å². The number of carbonyl (C=O) groups is 1. The average molecular weight is 465 g/mol. The van der Waals surface area contributed by atoms with Gasteiger partial charge in [0.1, 0.15) is 13.6 Å². The van der Waals surface area contributed by atoms with E-state index in [0.717, 1.165) is 5.56 Å². The van der Waals surface area contributed by atoms with Crippen LogP contribution in [0.4, 0.5) is 11.4 Å². The van der Waals surface area contributed by atoms with Gasteiger partial charge in [-0.1, -0.05) is 23.2 Å². The van der Waals surface area contributed by atoms with Gasteiger partial charge in [-0.25, -0.2) is 8.42 Å². The van der Waals surface area contributed by atoms with Gasteiger partial charge < -0.3 is 10.1 Å². The van der Waals surface area contributed by atoms with Crippen molar-refractivity contribution in [3.05, 3.63) is 77.9 Å². The Balaban J connectivity index is 1.62. The zero-order valence-corrected chi connectivity index (χ0v) is 19.0. The van der Waals surface area contributed by atoms with E-state index in [1.54, 1.807) is 54.6 Å². The van der Waals surface area contributed by atoms with Crippen molar-refractivity contribution < 1.29 is 17.9 Å². The van der Waals surface area contributed by atoms with E-state index in [1.165, 1.54) is 19.2 Å². The molecular weight excluding hydrogens is 445 g/mol. The number of amides is 1. The molecule has 32 heavy (non-hydrogen) atoms. The number of methoxy groups -OCH3 is 1. The van der Waals surface area contributed by atoms with Gasteiger partial charge in [0.05, 0.1) is 12.0 Å². The van der Waals surface area contributed by atoms with Crippen LogP contribution < -0.4 is 25.6 Å². The molecule has 0 saturated carbocycles. The van der Waals surface area contributed by atoms with Crippen LogP contribution in [0.2, 0.25) is 0 Å². The van der Waals surface area contributed by atoms with Gasteiger partial charge in [0.2, 0.25) is 0 Å². The summed E-state index contributed by atoms with van der Waals surface area (Å²) in [5, 5.41) is 5.48. The van der Waals surface area contributed by atoms with Gasteiger partial charge in [-0.15, -0.1) is 0 Å². The summed E-state index contributed by atoms with van der Waals surface area (Å²) in [5.41, 5.74) is 2.69. The maximum absolute atomic E-state index is 12.6. The Morgan fingerprint density at radius 3 is 2.19 bits per heavy atom. The molecular formula is C22H20BN3O4S2. The highest BCUT2D eigenvalue weighted by Gasteiger charge is 2.15. The lowest BCUT2D eigenvalue weighted by Crippen LogP contribution is -2.34. The maximum atomic E-state index is 12.6. The molecule has 3 N–H and O–H groups in total. The van der Waals surface area contributed by atoms with E-state index in [-0.39, 0.29) is 10.0 Å². The summed E-state index contributed by atoms with van der Waals surface area (Å²) < 4.78 is 32.7. The second kappa shape index (κ2) is 9.84. The van der Waals surface area contributed by atoms with Crippen LogP contribution >= 0.6 is 12.2 Å². The van der Waals surface area contributed by atoms with Gasteiger partial charge in [-0.05, 0) is 73.7 Å². The standard InChI is InChI=1S/C22H20BN3O4S2/c1-14-3-4-15(13-20(14)23)21(27)25-22(31)24-16-7-11-19(12-8-16)32(28,29)26-17-5-9-18(30-2)10-6-17/h3-13,26H,1-2H3,(H2,24,25,27,31). The van der Waals surface area contributed by atoms with Crippen molar-refractivity contribution in [2.45, 2.75) is 11.8 Å². The first-order chi connectivity index (χ1) is 15.2. The topological polar surface area (TPSA) is 96.5 Å². The fraction of sp³-hybridized carbons (Fsp3) is 0.0909. The number of aryl methyl sites for hydroxylation is 1. The minimum absolute atomic E-state index is 0.0705. The molecule has 0 aliphatic heterocycles. The Morgan fingerprint density at radius 2 is 1.59 bits per heavy atom. The van der Waals surface area contributed by atoms with Gasteiger partial charge in [-0.3, -0.25) is 14.8 Å². The number of hydrogen-bond acceptors (Lipinski definition) is 5. The zero-order chi connectivity index (χ0) is 23.3. The molecule has 0 aromatic heterocycles. The molecule has 0 aliphatic carbocycles. The fourth-order valence-corrected chi connectivity index (χ4v) is 3.98. The van der Waals surface area contributed by atoms with Crippen LogP contribution in [0.5, 0.6) is 5.75 Å². The smallest absolute Gasteiger partial charge is 0.261 e. The van der Waals surface area contributed by atoms with Crippen molar-refractivity contribution in [2.24, 2.45) is 0 Å². The summed E-state index contributed by atoms with van der Waals surface area (Å²) in [5.74, 6) is 0.217. The molecule has 10 heteroatoms. The molecule has 3 aromatic rings. The molecule has 0 fully saturated rings. The number of hydrogen-bond donors (Lipinski definition) is 3. The second-order valence-corrected chi connectivity index (χ2v) is 8.93. The molecule has 3 rings (SSSR count). The van der Waals surface area contributed by atoms with Gasteiger partial charge in [0.15, 0.2) is 5.11 Å². The quantitative estimate of drug-likeness (QED) is 0.383. The van der Waals surface area contributed by atoms with Crippen LogP contribution in [-0.4, -0.2) is 34.4 Å². The van der Waals surface area contributed by atoms with E-state index >= 15 is 0 Å². The van der Waals surface area contributed by atoms with Crippen molar-refractivity contribution >= 4 is 57.9 Å². The van der Waals surface area contributed by atoms with Crippen molar-refractivity contribution in [2.75, 3.05) is 17.1 Å². The number of sulfonamides is 1. The molecule has 0 heterocycles. The highest BCUT2D eigenvalue weighted by Crippen LogP contribution is 2.20. The number of nitrogens with one attached hydrogen (secondary N) is 3. The predicted octanol–water partition coefficient (Wildman–Crippen LogP) is 2.73. The van der Waals surface area contributed by atoms with Crippen molar-refractivity contribution in [1.29, 1.82) is 0 Å². The van der Waals surface area contributed by atoms with E-state index in [1.807, 2.05) is 6.92 Å². The first-order valence-corrected chi connectivity index (χ1v) is 11.3. The van der Waals surface area contributed by atoms with Gasteiger partial charge in [-0.2, -0.15) is 0 Å². The highest BCUT2D eigenvalue weighted by molar-refractivity contribution is 7.92. The zero-order valence-electron chi connectivity index (χ0n) is 17.4. The molecule has 0 atom stereocenters. The number of rotatable bonds is 6. The number of benzene rings is 3. The molecule has 0 unspecified atom stereocenters. The Bertz CT molecular complexity index is 1250. The fourth-order valence-electron chi connectivity index (χ4n) is 2.71. The van der Waals surface area contributed by atoms with Gasteiger partial charge >= 0.3 is 0 Å². The van der Waals surface area contributed by atoms with Crippen molar-refractivity contribution in [3.8, 4) is 5.75 Å². The van der Waals surface area contributed by atoms with Gasteiger partial charge in [0, 0.05) is 16.9 Å². The molecule has 0 spiro atoms. The lowest BCUT2D eigenvalue weighted by molar-refractivity contribution is 0.0978. The first kappa shape index (κ1) is 23.3. The Labute approximate surface area is 193 Å². The summed E-state index contributed by atoms with van der Waals surface area (Å²) >= 11 is 5.17. The van der Waals surface area contributed by atoms with Crippen molar-refractivity contribution in [3.63, 3.8) is 0 Å².